The number of likely N-dealkylation sites (tertiary alicyclic amines) is 1. The smallest absolute Gasteiger partial charge is 0.421 e. The molecule has 0 N–H and O–H groups in total. The molecule has 2 saturated heterocycles. The van der Waals surface area contributed by atoms with Crippen molar-refractivity contribution < 1.29 is 22.6 Å². The van der Waals surface area contributed by atoms with Crippen molar-refractivity contribution in [2.75, 3.05) is 39.5 Å². The van der Waals surface area contributed by atoms with Crippen LogP contribution in [0.15, 0.2) is 18.3 Å². The van der Waals surface area contributed by atoms with Crippen LogP contribution < -0.4 is 4.74 Å². The number of nitrogens with zero attached hydrogens (tertiary/aromatic N) is 2. The standard InChI is InChI=1S/C18H25F3N2O2/c19-18(20,21)16-4-1-7-22-17(16)25-13-15-3-2-8-23(12-15)11-14-5-9-24-10-6-14/h1,4,7,14-15H,2-3,5-6,8-13H2. The summed E-state index contributed by atoms with van der Waals surface area (Å²) in [4.78, 5) is 6.20. The number of piperidine rings is 1. The number of pyridine rings is 1. The molecule has 0 radical (unpaired) electrons. The largest absolute Gasteiger partial charge is 0.477 e. The number of rotatable bonds is 5. The fourth-order valence-corrected chi connectivity index (χ4v) is 3.67. The van der Waals surface area contributed by atoms with Gasteiger partial charge in [-0.25, -0.2) is 4.98 Å². The van der Waals surface area contributed by atoms with E-state index < -0.39 is 11.7 Å². The molecule has 2 fully saturated rings. The Morgan fingerprint density at radius 3 is 2.76 bits per heavy atom. The molecule has 4 nitrogen and oxygen atoms in total. The molecule has 1 atom stereocenters. The summed E-state index contributed by atoms with van der Waals surface area (Å²) in [7, 11) is 0. The van der Waals surface area contributed by atoms with Gasteiger partial charge in [0, 0.05) is 38.4 Å². The molecular formula is C18H25F3N2O2. The fraction of sp³-hybridized carbons (Fsp3) is 0.722. The second-order valence-corrected chi connectivity index (χ2v) is 6.99. The number of ether oxygens (including phenoxy) is 2. The highest BCUT2D eigenvalue weighted by molar-refractivity contribution is 5.28. The number of halogens is 3. The Morgan fingerprint density at radius 1 is 1.20 bits per heavy atom. The maximum Gasteiger partial charge on any atom is 0.421 e. The minimum Gasteiger partial charge on any atom is -0.477 e. The lowest BCUT2D eigenvalue weighted by atomic mass is 9.95. The van der Waals surface area contributed by atoms with Gasteiger partial charge in [0.15, 0.2) is 0 Å². The summed E-state index contributed by atoms with van der Waals surface area (Å²) < 4.78 is 49.9. The second kappa shape index (κ2) is 8.36. The molecule has 2 aliphatic heterocycles. The summed E-state index contributed by atoms with van der Waals surface area (Å²) >= 11 is 0. The summed E-state index contributed by atoms with van der Waals surface area (Å²) in [5.74, 6) is 0.606. The van der Waals surface area contributed by atoms with Crippen LogP contribution in [0.1, 0.15) is 31.2 Å². The molecule has 0 saturated carbocycles. The molecule has 0 amide bonds. The summed E-state index contributed by atoms with van der Waals surface area (Å²) in [6, 6.07) is 2.30. The lowest BCUT2D eigenvalue weighted by molar-refractivity contribution is -0.139. The van der Waals surface area contributed by atoms with Crippen molar-refractivity contribution in [1.82, 2.24) is 9.88 Å². The van der Waals surface area contributed by atoms with Crippen molar-refractivity contribution in [3.63, 3.8) is 0 Å². The molecule has 140 valence electrons. The van der Waals surface area contributed by atoms with Crippen LogP contribution >= 0.6 is 0 Å². The summed E-state index contributed by atoms with van der Waals surface area (Å²) in [6.07, 6.45) is 1.14. The van der Waals surface area contributed by atoms with Gasteiger partial charge >= 0.3 is 6.18 Å². The maximum absolute atomic E-state index is 13.0. The molecule has 0 spiro atoms. The Labute approximate surface area is 146 Å². The first kappa shape index (κ1) is 18.5. The van der Waals surface area contributed by atoms with E-state index in [9.17, 15) is 13.2 Å². The molecule has 1 aromatic rings. The predicted molar refractivity (Wildman–Crippen MR) is 87.4 cm³/mol. The monoisotopic (exact) mass is 358 g/mol. The summed E-state index contributed by atoms with van der Waals surface area (Å²) in [5.41, 5.74) is -0.801. The molecule has 0 aliphatic carbocycles. The van der Waals surface area contributed by atoms with Crippen LogP contribution in [0.5, 0.6) is 5.88 Å². The van der Waals surface area contributed by atoms with E-state index in [4.69, 9.17) is 9.47 Å². The van der Waals surface area contributed by atoms with Gasteiger partial charge in [-0.05, 0) is 50.3 Å². The minimum atomic E-state index is -4.44. The predicted octanol–water partition coefficient (Wildman–Crippen LogP) is 3.62. The Balaban J connectivity index is 1.51. The van der Waals surface area contributed by atoms with Crippen LogP contribution in [0.25, 0.3) is 0 Å². The van der Waals surface area contributed by atoms with Gasteiger partial charge in [0.05, 0.1) is 6.61 Å². The van der Waals surface area contributed by atoms with E-state index in [1.54, 1.807) is 0 Å². The van der Waals surface area contributed by atoms with E-state index in [0.717, 1.165) is 64.6 Å². The zero-order chi connectivity index (χ0) is 17.7. The third kappa shape index (κ3) is 5.31. The van der Waals surface area contributed by atoms with Crippen LogP contribution in [-0.2, 0) is 10.9 Å². The zero-order valence-corrected chi connectivity index (χ0v) is 14.3. The van der Waals surface area contributed by atoms with Gasteiger partial charge in [-0.15, -0.1) is 0 Å². The van der Waals surface area contributed by atoms with Crippen LogP contribution in [0.2, 0.25) is 0 Å². The number of aromatic nitrogens is 1. The van der Waals surface area contributed by atoms with Gasteiger partial charge in [0.1, 0.15) is 5.56 Å². The SMILES string of the molecule is FC(F)(F)c1cccnc1OCC1CCCN(CC2CCOCC2)C1. The van der Waals surface area contributed by atoms with E-state index >= 15 is 0 Å². The van der Waals surface area contributed by atoms with Crippen molar-refractivity contribution in [2.24, 2.45) is 11.8 Å². The van der Waals surface area contributed by atoms with Gasteiger partial charge in [0.2, 0.25) is 5.88 Å². The average molecular weight is 358 g/mol. The maximum atomic E-state index is 13.0. The highest BCUT2D eigenvalue weighted by atomic mass is 19.4. The van der Waals surface area contributed by atoms with Gasteiger partial charge in [-0.2, -0.15) is 13.2 Å². The molecule has 3 heterocycles. The summed E-state index contributed by atoms with van der Waals surface area (Å²) in [5, 5.41) is 0. The molecule has 1 unspecified atom stereocenters. The first-order valence-electron chi connectivity index (χ1n) is 8.97. The topological polar surface area (TPSA) is 34.6 Å². The highest BCUT2D eigenvalue weighted by Gasteiger charge is 2.35. The van der Waals surface area contributed by atoms with Gasteiger partial charge in [-0.3, -0.25) is 0 Å². The van der Waals surface area contributed by atoms with Crippen LogP contribution in [0, 0.1) is 11.8 Å². The van der Waals surface area contributed by atoms with E-state index in [2.05, 4.69) is 9.88 Å². The van der Waals surface area contributed by atoms with Crippen molar-refractivity contribution in [3.05, 3.63) is 23.9 Å². The Kier molecular flexibility index (Phi) is 6.17. The van der Waals surface area contributed by atoms with Crippen molar-refractivity contribution >= 4 is 0 Å². The Bertz CT molecular complexity index is 547. The zero-order valence-electron chi connectivity index (χ0n) is 14.3. The molecule has 25 heavy (non-hydrogen) atoms. The third-order valence-electron chi connectivity index (χ3n) is 4.99. The third-order valence-corrected chi connectivity index (χ3v) is 4.99. The fourth-order valence-electron chi connectivity index (χ4n) is 3.67. The average Bonchev–Trinajstić information content (AvgIpc) is 2.61. The second-order valence-electron chi connectivity index (χ2n) is 6.99. The van der Waals surface area contributed by atoms with Gasteiger partial charge < -0.3 is 14.4 Å². The first-order chi connectivity index (χ1) is 12.0. The number of alkyl halides is 3. The van der Waals surface area contributed by atoms with Crippen molar-refractivity contribution in [3.8, 4) is 5.88 Å². The lowest BCUT2D eigenvalue weighted by Gasteiger charge is -2.35. The van der Waals surface area contributed by atoms with E-state index in [1.807, 2.05) is 0 Å². The van der Waals surface area contributed by atoms with Gasteiger partial charge in [-0.1, -0.05) is 0 Å². The molecular weight excluding hydrogens is 333 g/mol. The molecule has 0 aromatic carbocycles. The van der Waals surface area contributed by atoms with Gasteiger partial charge in [0.25, 0.3) is 0 Å². The Hall–Kier alpha value is -1.34. The normalized spacial score (nSPS) is 23.6. The summed E-state index contributed by atoms with van der Waals surface area (Å²) in [6.45, 7) is 4.95. The van der Waals surface area contributed by atoms with Crippen molar-refractivity contribution in [1.29, 1.82) is 0 Å². The van der Waals surface area contributed by atoms with E-state index in [-0.39, 0.29) is 18.4 Å². The molecule has 3 rings (SSSR count). The highest BCUT2D eigenvalue weighted by Crippen LogP contribution is 2.35. The molecule has 0 bridgehead atoms. The molecule has 1 aromatic heterocycles. The lowest BCUT2D eigenvalue weighted by Crippen LogP contribution is -2.41. The number of hydrogen-bond acceptors (Lipinski definition) is 4. The van der Waals surface area contributed by atoms with Crippen molar-refractivity contribution in [2.45, 2.75) is 31.9 Å². The number of hydrogen-bond donors (Lipinski definition) is 0. The minimum absolute atomic E-state index is 0.247. The molecule has 2 aliphatic rings. The van der Waals surface area contributed by atoms with E-state index in [0.29, 0.717) is 5.92 Å². The van der Waals surface area contributed by atoms with Crippen LogP contribution in [-0.4, -0.2) is 49.3 Å². The first-order valence-corrected chi connectivity index (χ1v) is 8.97. The quantitative estimate of drug-likeness (QED) is 0.805. The van der Waals surface area contributed by atoms with Crippen LogP contribution in [0.3, 0.4) is 0 Å². The Morgan fingerprint density at radius 2 is 2.00 bits per heavy atom. The molecule has 7 heteroatoms. The van der Waals surface area contributed by atoms with Crippen LogP contribution in [0.4, 0.5) is 13.2 Å². The van der Waals surface area contributed by atoms with E-state index in [1.165, 1.54) is 12.3 Å².